The largest absolute Gasteiger partial charge is 0.374 e. The van der Waals surface area contributed by atoms with E-state index in [0.29, 0.717) is 11.8 Å². The van der Waals surface area contributed by atoms with E-state index < -0.39 is 0 Å². The molecule has 7 heteroatoms. The average molecular weight is 495 g/mol. The Balaban J connectivity index is 0.00000364. The second kappa shape index (κ2) is 14.0. The maximum Gasteiger partial charge on any atom is 0.191 e. The van der Waals surface area contributed by atoms with E-state index in [0.717, 1.165) is 51.8 Å². The van der Waals surface area contributed by atoms with E-state index in [1.54, 1.807) is 0 Å². The molecule has 2 aliphatic heterocycles. The lowest BCUT2D eigenvalue weighted by Crippen LogP contribution is -2.50. The number of nitrogens with zero attached hydrogens (tertiary/aromatic N) is 3. The summed E-state index contributed by atoms with van der Waals surface area (Å²) in [5.74, 6) is 2.22. The van der Waals surface area contributed by atoms with Crippen LogP contribution >= 0.6 is 24.0 Å². The smallest absolute Gasteiger partial charge is 0.191 e. The van der Waals surface area contributed by atoms with Gasteiger partial charge in [0.25, 0.3) is 0 Å². The van der Waals surface area contributed by atoms with E-state index in [-0.39, 0.29) is 30.1 Å². The molecule has 0 aliphatic carbocycles. The molecule has 2 saturated heterocycles. The minimum Gasteiger partial charge on any atom is -0.374 e. The molecule has 0 aromatic heterocycles. The molecule has 27 heavy (non-hydrogen) atoms. The SMILES string of the molecule is CCNC(=NCC(C)CN1CCCC1)NCC1CN(CC(C)C)CCO1.I. The van der Waals surface area contributed by atoms with Crippen LogP contribution in [0.5, 0.6) is 0 Å². The molecular weight excluding hydrogens is 453 g/mol. The van der Waals surface area contributed by atoms with Crippen molar-refractivity contribution in [2.45, 2.75) is 46.6 Å². The molecule has 6 nitrogen and oxygen atoms in total. The van der Waals surface area contributed by atoms with Crippen LogP contribution in [0.15, 0.2) is 4.99 Å². The first-order chi connectivity index (χ1) is 12.6. The number of hydrogen-bond acceptors (Lipinski definition) is 4. The van der Waals surface area contributed by atoms with E-state index in [1.165, 1.54) is 32.5 Å². The molecular formula is C20H42IN5O. The van der Waals surface area contributed by atoms with Gasteiger partial charge < -0.3 is 20.3 Å². The summed E-state index contributed by atoms with van der Waals surface area (Å²) in [6.45, 7) is 19.3. The standard InChI is InChI=1S/C20H41N5O.HI/c1-5-21-20(22-12-18(4)15-24-8-6-7-9-24)23-13-19-16-25(10-11-26-19)14-17(2)3;/h17-19H,5-16H2,1-4H3,(H2,21,22,23);1H. The van der Waals surface area contributed by atoms with E-state index in [2.05, 4.69) is 48.1 Å². The number of nitrogens with one attached hydrogen (secondary N) is 2. The Morgan fingerprint density at radius 3 is 2.48 bits per heavy atom. The zero-order valence-corrected chi connectivity index (χ0v) is 20.2. The Morgan fingerprint density at radius 1 is 1.07 bits per heavy atom. The van der Waals surface area contributed by atoms with Gasteiger partial charge in [0.05, 0.1) is 12.7 Å². The highest BCUT2D eigenvalue weighted by Gasteiger charge is 2.21. The zero-order chi connectivity index (χ0) is 18.8. The van der Waals surface area contributed by atoms with Crippen LogP contribution in [-0.4, -0.2) is 87.4 Å². The van der Waals surface area contributed by atoms with Crippen molar-refractivity contribution >= 4 is 29.9 Å². The number of ether oxygens (including phenoxy) is 1. The summed E-state index contributed by atoms with van der Waals surface area (Å²) in [6.07, 6.45) is 2.96. The number of halogens is 1. The van der Waals surface area contributed by atoms with Crippen LogP contribution in [0.3, 0.4) is 0 Å². The number of aliphatic imine (C=N–C) groups is 1. The Morgan fingerprint density at radius 2 is 1.81 bits per heavy atom. The third-order valence-corrected chi connectivity index (χ3v) is 5.02. The van der Waals surface area contributed by atoms with Crippen LogP contribution in [0.25, 0.3) is 0 Å². The molecule has 2 aliphatic rings. The van der Waals surface area contributed by atoms with Gasteiger partial charge in [-0.25, -0.2) is 0 Å². The molecule has 0 saturated carbocycles. The third-order valence-electron chi connectivity index (χ3n) is 5.02. The zero-order valence-electron chi connectivity index (χ0n) is 17.9. The summed E-state index contributed by atoms with van der Waals surface area (Å²) >= 11 is 0. The number of morpholine rings is 1. The molecule has 0 amide bonds. The third kappa shape index (κ3) is 10.3. The van der Waals surface area contributed by atoms with Crippen molar-refractivity contribution in [3.05, 3.63) is 0 Å². The first-order valence-electron chi connectivity index (χ1n) is 10.6. The van der Waals surface area contributed by atoms with E-state index in [4.69, 9.17) is 9.73 Å². The molecule has 0 spiro atoms. The molecule has 2 heterocycles. The van der Waals surface area contributed by atoms with E-state index >= 15 is 0 Å². The Hall–Kier alpha value is -0.120. The van der Waals surface area contributed by atoms with Crippen molar-refractivity contribution in [2.75, 3.05) is 65.5 Å². The fourth-order valence-corrected chi connectivity index (χ4v) is 3.85. The number of guanidine groups is 1. The number of rotatable bonds is 9. The van der Waals surface area contributed by atoms with Crippen molar-refractivity contribution in [3.8, 4) is 0 Å². The Bertz CT molecular complexity index is 415. The minimum atomic E-state index is 0. The van der Waals surface area contributed by atoms with Gasteiger partial charge in [0.1, 0.15) is 0 Å². The van der Waals surface area contributed by atoms with Crippen LogP contribution in [0.2, 0.25) is 0 Å². The number of hydrogen-bond donors (Lipinski definition) is 2. The summed E-state index contributed by atoms with van der Waals surface area (Å²) in [4.78, 5) is 9.89. The Kier molecular flexibility index (Phi) is 12.9. The summed E-state index contributed by atoms with van der Waals surface area (Å²) in [5, 5.41) is 6.86. The molecule has 0 aromatic rings. The van der Waals surface area contributed by atoms with Crippen molar-refractivity contribution in [1.82, 2.24) is 20.4 Å². The quantitative estimate of drug-likeness (QED) is 0.292. The summed E-state index contributed by atoms with van der Waals surface area (Å²) in [7, 11) is 0. The predicted molar refractivity (Wildman–Crippen MR) is 125 cm³/mol. The molecule has 0 radical (unpaired) electrons. The van der Waals surface area contributed by atoms with Crippen LogP contribution in [0.4, 0.5) is 0 Å². The topological polar surface area (TPSA) is 52.1 Å². The normalized spacial score (nSPS) is 23.3. The van der Waals surface area contributed by atoms with Gasteiger partial charge in [-0.05, 0) is 44.7 Å². The van der Waals surface area contributed by atoms with Crippen molar-refractivity contribution in [1.29, 1.82) is 0 Å². The highest BCUT2D eigenvalue weighted by atomic mass is 127. The highest BCUT2D eigenvalue weighted by Crippen LogP contribution is 2.10. The summed E-state index contributed by atoms with van der Waals surface area (Å²) < 4.78 is 5.94. The maximum atomic E-state index is 5.94. The molecule has 2 fully saturated rings. The van der Waals surface area contributed by atoms with Gasteiger partial charge in [-0.2, -0.15) is 0 Å². The van der Waals surface area contributed by atoms with Gasteiger partial charge in [0.15, 0.2) is 5.96 Å². The molecule has 2 rings (SSSR count). The Labute approximate surface area is 183 Å². The molecule has 0 aromatic carbocycles. The van der Waals surface area contributed by atoms with Crippen LogP contribution in [0, 0.1) is 11.8 Å². The van der Waals surface area contributed by atoms with E-state index in [1.807, 2.05) is 0 Å². The second-order valence-electron chi connectivity index (χ2n) is 8.36. The molecule has 0 bridgehead atoms. The first-order valence-corrected chi connectivity index (χ1v) is 10.6. The lowest BCUT2D eigenvalue weighted by Gasteiger charge is -2.34. The molecule has 2 N–H and O–H groups in total. The number of likely N-dealkylation sites (tertiary alicyclic amines) is 1. The van der Waals surface area contributed by atoms with Gasteiger partial charge in [-0.1, -0.05) is 20.8 Å². The van der Waals surface area contributed by atoms with E-state index in [9.17, 15) is 0 Å². The molecule has 2 unspecified atom stereocenters. The molecule has 2 atom stereocenters. The monoisotopic (exact) mass is 495 g/mol. The van der Waals surface area contributed by atoms with Crippen molar-refractivity contribution < 1.29 is 4.74 Å². The maximum absolute atomic E-state index is 5.94. The van der Waals surface area contributed by atoms with Gasteiger partial charge in [-0.15, -0.1) is 24.0 Å². The van der Waals surface area contributed by atoms with Gasteiger partial charge >= 0.3 is 0 Å². The molecule has 160 valence electrons. The van der Waals surface area contributed by atoms with Crippen molar-refractivity contribution in [2.24, 2.45) is 16.8 Å². The van der Waals surface area contributed by atoms with Gasteiger partial charge in [-0.3, -0.25) is 9.89 Å². The minimum absolute atomic E-state index is 0. The first kappa shape index (κ1) is 24.9. The van der Waals surface area contributed by atoms with Crippen LogP contribution in [0.1, 0.15) is 40.5 Å². The lowest BCUT2D eigenvalue weighted by molar-refractivity contribution is -0.0284. The van der Waals surface area contributed by atoms with Crippen LogP contribution < -0.4 is 10.6 Å². The second-order valence-corrected chi connectivity index (χ2v) is 8.36. The van der Waals surface area contributed by atoms with Crippen LogP contribution in [-0.2, 0) is 4.74 Å². The predicted octanol–water partition coefficient (Wildman–Crippen LogP) is 2.25. The summed E-state index contributed by atoms with van der Waals surface area (Å²) in [5.41, 5.74) is 0. The fraction of sp³-hybridized carbons (Fsp3) is 0.950. The average Bonchev–Trinajstić information content (AvgIpc) is 3.10. The lowest BCUT2D eigenvalue weighted by atomic mass is 10.2. The fourth-order valence-electron chi connectivity index (χ4n) is 3.85. The van der Waals surface area contributed by atoms with Gasteiger partial charge in [0, 0.05) is 45.8 Å². The highest BCUT2D eigenvalue weighted by molar-refractivity contribution is 14.0. The van der Waals surface area contributed by atoms with Gasteiger partial charge in [0.2, 0.25) is 0 Å². The van der Waals surface area contributed by atoms with Crippen molar-refractivity contribution in [3.63, 3.8) is 0 Å². The summed E-state index contributed by atoms with van der Waals surface area (Å²) in [6, 6.07) is 0.